The van der Waals surface area contributed by atoms with Crippen molar-refractivity contribution in [1.29, 1.82) is 0 Å². The Balaban J connectivity index is 0.000001000. The van der Waals surface area contributed by atoms with E-state index in [0.29, 0.717) is 6.04 Å². The van der Waals surface area contributed by atoms with Crippen LogP contribution in [0, 0.1) is 0 Å². The summed E-state index contributed by atoms with van der Waals surface area (Å²) in [6.45, 7) is 6.49. The summed E-state index contributed by atoms with van der Waals surface area (Å²) in [7, 11) is 0. The summed E-state index contributed by atoms with van der Waals surface area (Å²) >= 11 is 0. The molecule has 3 nitrogen and oxygen atoms in total. The first kappa shape index (κ1) is 17.2. The van der Waals surface area contributed by atoms with E-state index in [-0.39, 0.29) is 24.8 Å². The van der Waals surface area contributed by atoms with E-state index < -0.39 is 0 Å². The molecule has 1 saturated heterocycles. The molecule has 20 heavy (non-hydrogen) atoms. The van der Waals surface area contributed by atoms with Crippen LogP contribution in [0.5, 0.6) is 0 Å². The number of hydrogen-bond donors (Lipinski definition) is 1. The topological polar surface area (TPSA) is 28.2 Å². The average Bonchev–Trinajstić information content (AvgIpc) is 2.41. The Kier molecular flexibility index (Phi) is 6.69. The Hall–Kier alpha value is -0.870. The second kappa shape index (κ2) is 7.79. The van der Waals surface area contributed by atoms with Gasteiger partial charge in [0.2, 0.25) is 0 Å². The summed E-state index contributed by atoms with van der Waals surface area (Å²) in [6.07, 6.45) is 0. The van der Waals surface area contributed by atoms with Gasteiger partial charge in [-0.1, -0.05) is 24.3 Å². The Morgan fingerprint density at radius 3 is 2.80 bits per heavy atom. The van der Waals surface area contributed by atoms with E-state index in [1.165, 1.54) is 11.1 Å². The van der Waals surface area contributed by atoms with Crippen molar-refractivity contribution in [3.05, 3.63) is 42.1 Å². The lowest BCUT2D eigenvalue weighted by Crippen LogP contribution is -2.49. The highest BCUT2D eigenvalue weighted by atomic mass is 35.5. The van der Waals surface area contributed by atoms with E-state index in [4.69, 9.17) is 4.98 Å². The molecule has 0 aliphatic carbocycles. The largest absolute Gasteiger partial charge is 0.314 e. The minimum absolute atomic E-state index is 0. The summed E-state index contributed by atoms with van der Waals surface area (Å²) in [5.41, 5.74) is 2.26. The number of nitrogens with zero attached hydrogens (tertiary/aromatic N) is 2. The van der Waals surface area contributed by atoms with E-state index >= 15 is 0 Å². The third kappa shape index (κ3) is 3.83. The quantitative estimate of drug-likeness (QED) is 0.924. The number of nitrogens with one attached hydrogen (secondary N) is 1. The van der Waals surface area contributed by atoms with Gasteiger partial charge in [-0.15, -0.1) is 24.8 Å². The molecule has 5 heteroatoms. The molecule has 2 heterocycles. The van der Waals surface area contributed by atoms with Crippen LogP contribution in [0.4, 0.5) is 0 Å². The fourth-order valence-electron chi connectivity index (χ4n) is 2.52. The number of halogens is 2. The molecule has 1 aliphatic rings. The van der Waals surface area contributed by atoms with Crippen molar-refractivity contribution in [2.24, 2.45) is 0 Å². The van der Waals surface area contributed by atoms with Crippen LogP contribution in [-0.4, -0.2) is 35.6 Å². The van der Waals surface area contributed by atoms with E-state index in [9.17, 15) is 0 Å². The first-order valence-electron chi connectivity index (χ1n) is 6.62. The molecule has 1 aromatic carbocycles. The van der Waals surface area contributed by atoms with Gasteiger partial charge in [0.25, 0.3) is 0 Å². The maximum atomic E-state index is 4.74. The maximum absolute atomic E-state index is 4.74. The number of para-hydroxylation sites is 1. The first-order chi connectivity index (χ1) is 8.83. The number of piperazine rings is 1. The van der Waals surface area contributed by atoms with Gasteiger partial charge in [-0.3, -0.25) is 9.88 Å². The summed E-state index contributed by atoms with van der Waals surface area (Å²) in [6, 6.07) is 13.2. The molecule has 0 bridgehead atoms. The van der Waals surface area contributed by atoms with Crippen LogP contribution >= 0.6 is 24.8 Å². The molecule has 0 saturated carbocycles. The zero-order chi connectivity index (χ0) is 12.4. The third-order valence-corrected chi connectivity index (χ3v) is 3.66. The molecule has 1 fully saturated rings. The normalized spacial score (nSPS) is 19.1. The molecule has 0 amide bonds. The van der Waals surface area contributed by atoms with Crippen LogP contribution in [0.2, 0.25) is 0 Å². The Morgan fingerprint density at radius 1 is 1.20 bits per heavy atom. The smallest absolute Gasteiger partial charge is 0.0705 e. The summed E-state index contributed by atoms with van der Waals surface area (Å²) < 4.78 is 0. The first-order valence-corrected chi connectivity index (χ1v) is 6.62. The molecule has 110 valence electrons. The monoisotopic (exact) mass is 313 g/mol. The van der Waals surface area contributed by atoms with Crippen molar-refractivity contribution >= 4 is 35.7 Å². The molecule has 1 aromatic heterocycles. The van der Waals surface area contributed by atoms with Crippen LogP contribution in [0.15, 0.2) is 36.4 Å². The van der Waals surface area contributed by atoms with Crippen LogP contribution in [-0.2, 0) is 6.54 Å². The second-order valence-electron chi connectivity index (χ2n) is 5.02. The number of aromatic nitrogens is 1. The second-order valence-corrected chi connectivity index (χ2v) is 5.02. The summed E-state index contributed by atoms with van der Waals surface area (Å²) in [5.74, 6) is 0. The molecule has 0 unspecified atom stereocenters. The molecular formula is C15H21Cl2N3. The van der Waals surface area contributed by atoms with E-state index in [1.807, 2.05) is 6.07 Å². The van der Waals surface area contributed by atoms with Gasteiger partial charge in [-0.2, -0.15) is 0 Å². The van der Waals surface area contributed by atoms with Gasteiger partial charge >= 0.3 is 0 Å². The number of benzene rings is 1. The number of fused-ring (bicyclic) bond motifs is 1. The predicted molar refractivity (Wildman–Crippen MR) is 89.0 cm³/mol. The van der Waals surface area contributed by atoms with Crippen LogP contribution in [0.25, 0.3) is 10.9 Å². The van der Waals surface area contributed by atoms with Crippen molar-refractivity contribution in [2.45, 2.75) is 19.5 Å². The zero-order valence-electron chi connectivity index (χ0n) is 11.6. The highest BCUT2D eigenvalue weighted by Crippen LogP contribution is 2.14. The maximum Gasteiger partial charge on any atom is 0.0705 e. The van der Waals surface area contributed by atoms with Gasteiger partial charge in [0.1, 0.15) is 0 Å². The minimum Gasteiger partial charge on any atom is -0.314 e. The molecule has 3 rings (SSSR count). The van der Waals surface area contributed by atoms with Gasteiger partial charge < -0.3 is 5.32 Å². The van der Waals surface area contributed by atoms with E-state index in [1.54, 1.807) is 0 Å². The molecule has 0 radical (unpaired) electrons. The Morgan fingerprint density at radius 2 is 2.00 bits per heavy atom. The van der Waals surface area contributed by atoms with Crippen molar-refractivity contribution < 1.29 is 0 Å². The number of hydrogen-bond acceptors (Lipinski definition) is 3. The molecule has 1 atom stereocenters. The van der Waals surface area contributed by atoms with Gasteiger partial charge in [-0.05, 0) is 19.1 Å². The van der Waals surface area contributed by atoms with Crippen molar-refractivity contribution in [3.63, 3.8) is 0 Å². The number of rotatable bonds is 2. The Bertz CT molecular complexity index is 547. The molecule has 0 spiro atoms. The fourth-order valence-corrected chi connectivity index (χ4v) is 2.52. The summed E-state index contributed by atoms with van der Waals surface area (Å²) in [4.78, 5) is 7.24. The Labute approximate surface area is 132 Å². The van der Waals surface area contributed by atoms with Crippen LogP contribution in [0.3, 0.4) is 0 Å². The van der Waals surface area contributed by atoms with Crippen LogP contribution in [0.1, 0.15) is 12.6 Å². The minimum atomic E-state index is 0. The standard InChI is InChI=1S/C15H19N3.2ClH/c1-12-10-16-8-9-18(12)11-14-7-6-13-4-2-3-5-15(13)17-14;;/h2-7,12,16H,8-11H2,1H3;2*1H/t12-;;/m1../s1. The lowest BCUT2D eigenvalue weighted by Gasteiger charge is -2.33. The lowest BCUT2D eigenvalue weighted by atomic mass is 10.1. The van der Waals surface area contributed by atoms with Crippen molar-refractivity contribution in [1.82, 2.24) is 15.2 Å². The predicted octanol–water partition coefficient (Wildman–Crippen LogP) is 2.87. The lowest BCUT2D eigenvalue weighted by molar-refractivity contribution is 0.164. The van der Waals surface area contributed by atoms with Gasteiger partial charge in [0.05, 0.1) is 11.2 Å². The van der Waals surface area contributed by atoms with E-state index in [0.717, 1.165) is 31.7 Å². The van der Waals surface area contributed by atoms with Crippen LogP contribution < -0.4 is 5.32 Å². The van der Waals surface area contributed by atoms with E-state index in [2.05, 4.69) is 47.5 Å². The van der Waals surface area contributed by atoms with Crippen molar-refractivity contribution in [2.75, 3.05) is 19.6 Å². The highest BCUT2D eigenvalue weighted by Gasteiger charge is 2.18. The van der Waals surface area contributed by atoms with Gasteiger partial charge in [0, 0.05) is 37.6 Å². The fraction of sp³-hybridized carbons (Fsp3) is 0.400. The van der Waals surface area contributed by atoms with Gasteiger partial charge in [-0.25, -0.2) is 0 Å². The molecular weight excluding hydrogens is 293 g/mol. The van der Waals surface area contributed by atoms with Crippen molar-refractivity contribution in [3.8, 4) is 0 Å². The molecule has 2 aromatic rings. The molecule has 1 N–H and O–H groups in total. The van der Waals surface area contributed by atoms with Gasteiger partial charge in [0.15, 0.2) is 0 Å². The summed E-state index contributed by atoms with van der Waals surface area (Å²) in [5, 5.41) is 4.64. The average molecular weight is 314 g/mol. The third-order valence-electron chi connectivity index (χ3n) is 3.66. The highest BCUT2D eigenvalue weighted by molar-refractivity contribution is 5.85. The SMILES string of the molecule is C[C@@H]1CNCCN1Cc1ccc2ccccc2n1.Cl.Cl. The zero-order valence-corrected chi connectivity index (χ0v) is 13.2. The molecule has 1 aliphatic heterocycles. The number of pyridine rings is 1.